The summed E-state index contributed by atoms with van der Waals surface area (Å²) in [6, 6.07) is 7.90. The molecule has 1 aliphatic carbocycles. The second-order valence-electron chi connectivity index (χ2n) is 6.61. The molecule has 0 amide bonds. The Morgan fingerprint density at radius 3 is 2.67 bits per heavy atom. The number of benzene rings is 1. The zero-order valence-corrected chi connectivity index (χ0v) is 13.5. The van der Waals surface area contributed by atoms with Crippen molar-refractivity contribution in [3.8, 4) is 0 Å². The summed E-state index contributed by atoms with van der Waals surface area (Å²) in [7, 11) is 0. The molecule has 1 nitrogen and oxygen atoms in total. The van der Waals surface area contributed by atoms with E-state index in [4.69, 9.17) is 0 Å². The molecule has 0 aromatic heterocycles. The van der Waals surface area contributed by atoms with Crippen molar-refractivity contribution in [3.05, 3.63) is 33.8 Å². The Labute approximate surface area is 119 Å². The Morgan fingerprint density at radius 2 is 2.00 bits per heavy atom. The largest absolute Gasteiger partial charge is 0.311 e. The van der Waals surface area contributed by atoms with E-state index in [0.717, 1.165) is 0 Å². The van der Waals surface area contributed by atoms with E-state index >= 15 is 0 Å². The van der Waals surface area contributed by atoms with Gasteiger partial charge in [0.15, 0.2) is 0 Å². The number of halogens is 1. The first kappa shape index (κ1) is 14.1. The maximum absolute atomic E-state index is 3.80. The summed E-state index contributed by atoms with van der Waals surface area (Å²) in [4.78, 5) is 0. The molecular weight excluding hydrogens is 286 g/mol. The number of nitrogens with one attached hydrogen (secondary N) is 1. The van der Waals surface area contributed by atoms with Gasteiger partial charge < -0.3 is 5.32 Å². The first-order valence-corrected chi connectivity index (χ1v) is 7.69. The molecule has 0 saturated heterocycles. The van der Waals surface area contributed by atoms with Crippen molar-refractivity contribution in [1.29, 1.82) is 0 Å². The third kappa shape index (κ3) is 3.36. The van der Waals surface area contributed by atoms with E-state index in [9.17, 15) is 0 Å². The third-order valence-corrected chi connectivity index (χ3v) is 4.67. The molecule has 1 aromatic carbocycles. The molecule has 0 aliphatic heterocycles. The summed E-state index contributed by atoms with van der Waals surface area (Å²) in [5, 5.41) is 3.80. The molecule has 100 valence electrons. The van der Waals surface area contributed by atoms with Crippen LogP contribution in [0.2, 0.25) is 0 Å². The maximum atomic E-state index is 3.80. The van der Waals surface area contributed by atoms with Gasteiger partial charge in [0.1, 0.15) is 0 Å². The van der Waals surface area contributed by atoms with E-state index < -0.39 is 0 Å². The lowest BCUT2D eigenvalue weighted by molar-refractivity contribution is 0.253. The van der Waals surface area contributed by atoms with E-state index in [1.807, 2.05) is 0 Å². The van der Waals surface area contributed by atoms with E-state index in [1.54, 1.807) is 0 Å². The third-order valence-electron chi connectivity index (χ3n) is 4.18. The molecule has 0 spiro atoms. The van der Waals surface area contributed by atoms with Crippen molar-refractivity contribution in [1.82, 2.24) is 5.32 Å². The number of aryl methyl sites for hydroxylation is 1. The Balaban J connectivity index is 2.02. The van der Waals surface area contributed by atoms with Gasteiger partial charge in [0.2, 0.25) is 0 Å². The predicted octanol–water partition coefficient (Wildman–Crippen LogP) is 4.33. The lowest BCUT2D eigenvalue weighted by Crippen LogP contribution is -2.46. The fourth-order valence-electron chi connectivity index (χ4n) is 2.47. The van der Waals surface area contributed by atoms with Crippen molar-refractivity contribution in [2.24, 2.45) is 5.41 Å². The van der Waals surface area contributed by atoms with Crippen LogP contribution in [-0.4, -0.2) is 12.1 Å². The first-order valence-electron chi connectivity index (χ1n) is 6.89. The fraction of sp³-hybridized carbons (Fsp3) is 0.625. The first-order chi connectivity index (χ1) is 8.36. The topological polar surface area (TPSA) is 12.0 Å². The van der Waals surface area contributed by atoms with Crippen LogP contribution < -0.4 is 5.32 Å². The van der Waals surface area contributed by atoms with Crippen LogP contribution in [-0.2, 0) is 12.8 Å². The fourth-order valence-corrected chi connectivity index (χ4v) is 2.88. The Kier molecular flexibility index (Phi) is 4.18. The molecule has 0 saturated carbocycles. The van der Waals surface area contributed by atoms with Crippen molar-refractivity contribution in [2.45, 2.75) is 59.0 Å². The molecule has 0 radical (unpaired) electrons. The molecule has 0 heterocycles. The van der Waals surface area contributed by atoms with Gasteiger partial charge in [0.05, 0.1) is 0 Å². The summed E-state index contributed by atoms with van der Waals surface area (Å²) in [5.41, 5.74) is 3.37. The minimum absolute atomic E-state index is 0.333. The Bertz CT molecular complexity index is 420. The van der Waals surface area contributed by atoms with Crippen molar-refractivity contribution >= 4 is 15.9 Å². The summed E-state index contributed by atoms with van der Waals surface area (Å²) >= 11 is 3.56. The van der Waals surface area contributed by atoms with Gasteiger partial charge in [-0.15, -0.1) is 0 Å². The van der Waals surface area contributed by atoms with E-state index in [0.29, 0.717) is 17.5 Å². The molecule has 1 aromatic rings. The van der Waals surface area contributed by atoms with Crippen LogP contribution >= 0.6 is 15.9 Å². The Hall–Kier alpha value is -0.340. The second-order valence-corrected chi connectivity index (χ2v) is 7.52. The van der Waals surface area contributed by atoms with E-state index in [1.165, 1.54) is 34.9 Å². The van der Waals surface area contributed by atoms with Crippen LogP contribution in [0.15, 0.2) is 22.7 Å². The van der Waals surface area contributed by atoms with E-state index in [2.05, 4.69) is 67.1 Å². The standard InChI is InChI=1S/C16H24BrN/c1-11(16(2,3)4)18-15-8-6-12-9-14(17)7-5-13(12)10-15/h5,7,9,11,15,18H,6,8,10H2,1-4H3. The summed E-state index contributed by atoms with van der Waals surface area (Å²) < 4.78 is 1.20. The summed E-state index contributed by atoms with van der Waals surface area (Å²) in [5.74, 6) is 0. The van der Waals surface area contributed by atoms with Crippen LogP contribution in [0, 0.1) is 5.41 Å². The highest BCUT2D eigenvalue weighted by molar-refractivity contribution is 9.10. The minimum Gasteiger partial charge on any atom is -0.311 e. The number of rotatable bonds is 2. The molecule has 2 heteroatoms. The predicted molar refractivity (Wildman–Crippen MR) is 82.0 cm³/mol. The van der Waals surface area contributed by atoms with Crippen molar-refractivity contribution in [2.75, 3.05) is 0 Å². The van der Waals surface area contributed by atoms with Crippen LogP contribution in [0.1, 0.15) is 45.2 Å². The van der Waals surface area contributed by atoms with Crippen LogP contribution in [0.4, 0.5) is 0 Å². The molecule has 1 aliphatic rings. The highest BCUT2D eigenvalue weighted by Crippen LogP contribution is 2.26. The van der Waals surface area contributed by atoms with Gasteiger partial charge in [-0.25, -0.2) is 0 Å². The average Bonchev–Trinajstić information content (AvgIpc) is 2.28. The van der Waals surface area contributed by atoms with Crippen molar-refractivity contribution in [3.63, 3.8) is 0 Å². The Morgan fingerprint density at radius 1 is 1.28 bits per heavy atom. The summed E-state index contributed by atoms with van der Waals surface area (Å²) in [6.07, 6.45) is 3.62. The lowest BCUT2D eigenvalue weighted by atomic mass is 9.84. The maximum Gasteiger partial charge on any atom is 0.0178 e. The van der Waals surface area contributed by atoms with Gasteiger partial charge in [-0.2, -0.15) is 0 Å². The monoisotopic (exact) mass is 309 g/mol. The second kappa shape index (κ2) is 5.34. The molecule has 2 rings (SSSR count). The molecule has 0 fully saturated rings. The quantitative estimate of drug-likeness (QED) is 0.857. The SMILES string of the molecule is CC(NC1CCc2cc(Br)ccc2C1)C(C)(C)C. The van der Waals surface area contributed by atoms with Gasteiger partial charge in [-0.1, -0.05) is 42.8 Å². The van der Waals surface area contributed by atoms with Crippen LogP contribution in [0.25, 0.3) is 0 Å². The molecule has 2 unspecified atom stereocenters. The average molecular weight is 310 g/mol. The van der Waals surface area contributed by atoms with Gasteiger partial charge in [0, 0.05) is 16.6 Å². The molecule has 1 N–H and O–H groups in total. The lowest BCUT2D eigenvalue weighted by Gasteiger charge is -2.34. The van der Waals surface area contributed by atoms with E-state index in [-0.39, 0.29) is 0 Å². The smallest absolute Gasteiger partial charge is 0.0178 e. The zero-order valence-electron chi connectivity index (χ0n) is 11.9. The van der Waals surface area contributed by atoms with Crippen LogP contribution in [0.5, 0.6) is 0 Å². The summed E-state index contributed by atoms with van der Waals surface area (Å²) in [6.45, 7) is 9.22. The highest BCUT2D eigenvalue weighted by atomic mass is 79.9. The van der Waals surface area contributed by atoms with Gasteiger partial charge >= 0.3 is 0 Å². The molecule has 2 atom stereocenters. The normalized spacial score (nSPS) is 21.5. The number of fused-ring (bicyclic) bond motifs is 1. The molecule has 18 heavy (non-hydrogen) atoms. The molecule has 0 bridgehead atoms. The minimum atomic E-state index is 0.333. The van der Waals surface area contributed by atoms with Crippen LogP contribution in [0.3, 0.4) is 0 Å². The highest BCUT2D eigenvalue weighted by Gasteiger charge is 2.25. The molecular formula is C16H24BrN. The van der Waals surface area contributed by atoms with Gasteiger partial charge in [-0.3, -0.25) is 0 Å². The number of hydrogen-bond acceptors (Lipinski definition) is 1. The number of hydrogen-bond donors (Lipinski definition) is 1. The van der Waals surface area contributed by atoms with Gasteiger partial charge in [-0.05, 0) is 54.9 Å². The van der Waals surface area contributed by atoms with Gasteiger partial charge in [0.25, 0.3) is 0 Å². The zero-order chi connectivity index (χ0) is 13.3. The van der Waals surface area contributed by atoms with Crippen molar-refractivity contribution < 1.29 is 0 Å².